The molecule has 1 aliphatic rings. The summed E-state index contributed by atoms with van der Waals surface area (Å²) in [5.74, 6) is 0.108. The van der Waals surface area contributed by atoms with E-state index in [2.05, 4.69) is 9.82 Å². The lowest BCUT2D eigenvalue weighted by Gasteiger charge is -2.11. The van der Waals surface area contributed by atoms with Gasteiger partial charge in [0.15, 0.2) is 0 Å². The van der Waals surface area contributed by atoms with E-state index in [1.807, 2.05) is 36.5 Å². The van der Waals surface area contributed by atoms with Crippen LogP contribution in [0.25, 0.3) is 5.69 Å². The second kappa shape index (κ2) is 7.25. The van der Waals surface area contributed by atoms with Gasteiger partial charge in [-0.1, -0.05) is 12.1 Å². The Morgan fingerprint density at radius 2 is 2.26 bits per heavy atom. The first-order chi connectivity index (χ1) is 11.1. The summed E-state index contributed by atoms with van der Waals surface area (Å²) in [6.07, 6.45) is 6.20. The highest BCUT2D eigenvalue weighted by atomic mass is 32.2. The summed E-state index contributed by atoms with van der Waals surface area (Å²) in [7, 11) is -3.29. The van der Waals surface area contributed by atoms with Crippen LogP contribution in [0.4, 0.5) is 0 Å². The topological polar surface area (TPSA) is 73.2 Å². The van der Waals surface area contributed by atoms with Gasteiger partial charge in [-0.15, -0.1) is 0 Å². The van der Waals surface area contributed by atoms with Crippen LogP contribution in [-0.2, 0) is 21.3 Å². The van der Waals surface area contributed by atoms with Gasteiger partial charge in [-0.2, -0.15) is 5.10 Å². The number of ether oxygens (including phenoxy) is 1. The van der Waals surface area contributed by atoms with Crippen LogP contribution in [0.2, 0.25) is 0 Å². The van der Waals surface area contributed by atoms with E-state index in [-0.39, 0.29) is 18.4 Å². The molecule has 7 heteroatoms. The summed E-state index contributed by atoms with van der Waals surface area (Å²) in [5.41, 5.74) is 1.81. The van der Waals surface area contributed by atoms with Gasteiger partial charge in [0.1, 0.15) is 0 Å². The van der Waals surface area contributed by atoms with Crippen molar-refractivity contribution in [2.75, 3.05) is 12.4 Å². The Morgan fingerprint density at radius 3 is 3.00 bits per heavy atom. The second-order valence-corrected chi connectivity index (χ2v) is 7.61. The van der Waals surface area contributed by atoms with Crippen LogP contribution >= 0.6 is 0 Å². The molecule has 3 rings (SSSR count). The van der Waals surface area contributed by atoms with Crippen LogP contribution in [0.15, 0.2) is 42.7 Å². The maximum absolute atomic E-state index is 12.1. The molecule has 2 aromatic rings. The molecule has 1 saturated heterocycles. The molecule has 0 spiro atoms. The van der Waals surface area contributed by atoms with Gasteiger partial charge in [0.2, 0.25) is 10.0 Å². The van der Waals surface area contributed by atoms with E-state index in [4.69, 9.17) is 4.74 Å². The summed E-state index contributed by atoms with van der Waals surface area (Å²) in [4.78, 5) is 0. The van der Waals surface area contributed by atoms with E-state index in [1.54, 1.807) is 10.9 Å². The van der Waals surface area contributed by atoms with Crippen molar-refractivity contribution in [1.29, 1.82) is 0 Å². The maximum atomic E-state index is 12.1. The van der Waals surface area contributed by atoms with Crippen molar-refractivity contribution in [3.8, 4) is 5.69 Å². The molecule has 2 heterocycles. The molecule has 0 aliphatic carbocycles. The zero-order valence-corrected chi connectivity index (χ0v) is 13.7. The number of benzene rings is 1. The quantitative estimate of drug-likeness (QED) is 0.838. The average Bonchev–Trinajstić information content (AvgIpc) is 3.25. The third kappa shape index (κ3) is 4.63. The second-order valence-electron chi connectivity index (χ2n) is 5.68. The maximum Gasteiger partial charge on any atom is 0.211 e. The Hall–Kier alpha value is -1.70. The number of sulfonamides is 1. The van der Waals surface area contributed by atoms with Crippen LogP contribution < -0.4 is 4.72 Å². The minimum absolute atomic E-state index is 0.0923. The Labute approximate surface area is 136 Å². The van der Waals surface area contributed by atoms with E-state index in [9.17, 15) is 8.42 Å². The number of nitrogens with zero attached hydrogens (tertiary/aromatic N) is 2. The van der Waals surface area contributed by atoms with Crippen molar-refractivity contribution in [2.45, 2.75) is 31.9 Å². The highest BCUT2D eigenvalue weighted by Crippen LogP contribution is 2.16. The van der Waals surface area contributed by atoms with Gasteiger partial charge in [0.05, 0.1) is 17.5 Å². The first-order valence-corrected chi connectivity index (χ1v) is 9.45. The molecule has 0 saturated carbocycles. The molecule has 6 nitrogen and oxygen atoms in total. The van der Waals surface area contributed by atoms with E-state index < -0.39 is 10.0 Å². The largest absolute Gasteiger partial charge is 0.378 e. The van der Waals surface area contributed by atoms with Crippen LogP contribution in [0.1, 0.15) is 24.8 Å². The monoisotopic (exact) mass is 335 g/mol. The summed E-state index contributed by atoms with van der Waals surface area (Å²) < 4.78 is 34.1. The van der Waals surface area contributed by atoms with Crippen molar-refractivity contribution in [3.05, 3.63) is 48.3 Å². The smallest absolute Gasteiger partial charge is 0.211 e. The molecule has 23 heavy (non-hydrogen) atoms. The number of aromatic nitrogens is 2. The van der Waals surface area contributed by atoms with Gasteiger partial charge in [-0.3, -0.25) is 0 Å². The molecule has 1 fully saturated rings. The minimum Gasteiger partial charge on any atom is -0.378 e. The van der Waals surface area contributed by atoms with Gasteiger partial charge in [-0.25, -0.2) is 17.8 Å². The third-order valence-corrected chi connectivity index (χ3v) is 5.27. The first-order valence-electron chi connectivity index (χ1n) is 7.80. The van der Waals surface area contributed by atoms with E-state index in [0.717, 1.165) is 30.7 Å². The number of nitrogens with one attached hydrogen (secondary N) is 1. The standard InChI is InChI=1S/C16H21N3O3S/c20-23(21,11-7-16-6-2-10-22-16)18-13-14-4-1-5-15(12-14)19-9-3-8-17-19/h1,3-5,8-9,12,16,18H,2,6-7,10-11,13H2/t16-/m1/s1. The Morgan fingerprint density at radius 1 is 1.35 bits per heavy atom. The molecule has 124 valence electrons. The highest BCUT2D eigenvalue weighted by molar-refractivity contribution is 7.89. The normalized spacial score (nSPS) is 18.3. The summed E-state index contributed by atoms with van der Waals surface area (Å²) in [6, 6.07) is 9.50. The molecule has 1 aromatic heterocycles. The lowest BCUT2D eigenvalue weighted by atomic mass is 10.2. The van der Waals surface area contributed by atoms with E-state index in [0.29, 0.717) is 6.42 Å². The molecule has 1 aliphatic heterocycles. The first kappa shape index (κ1) is 16.2. The molecule has 0 unspecified atom stereocenters. The summed E-state index contributed by atoms with van der Waals surface area (Å²) >= 11 is 0. The zero-order chi connectivity index (χ0) is 16.1. The van der Waals surface area contributed by atoms with Gasteiger partial charge < -0.3 is 4.74 Å². The molecule has 1 N–H and O–H groups in total. The Kier molecular flexibility index (Phi) is 5.09. The molecule has 0 radical (unpaired) electrons. The van der Waals surface area contributed by atoms with Crippen molar-refractivity contribution < 1.29 is 13.2 Å². The van der Waals surface area contributed by atoms with Crippen LogP contribution in [0.3, 0.4) is 0 Å². The van der Waals surface area contributed by atoms with E-state index in [1.165, 1.54) is 0 Å². The van der Waals surface area contributed by atoms with Crippen LogP contribution in [-0.4, -0.2) is 36.7 Å². The van der Waals surface area contributed by atoms with Crippen molar-refractivity contribution >= 4 is 10.0 Å². The minimum atomic E-state index is -3.29. The fourth-order valence-electron chi connectivity index (χ4n) is 2.65. The van der Waals surface area contributed by atoms with Crippen molar-refractivity contribution in [2.24, 2.45) is 0 Å². The molecule has 0 bridgehead atoms. The average molecular weight is 335 g/mol. The lowest BCUT2D eigenvalue weighted by Crippen LogP contribution is -2.27. The Balaban J connectivity index is 1.55. The lowest BCUT2D eigenvalue weighted by molar-refractivity contribution is 0.109. The van der Waals surface area contributed by atoms with Gasteiger partial charge in [-0.05, 0) is 43.0 Å². The van der Waals surface area contributed by atoms with Gasteiger partial charge >= 0.3 is 0 Å². The highest BCUT2D eigenvalue weighted by Gasteiger charge is 2.19. The van der Waals surface area contributed by atoms with Crippen LogP contribution in [0, 0.1) is 0 Å². The molecule has 1 atom stereocenters. The predicted octanol–water partition coefficient (Wildman–Crippen LogP) is 1.86. The Bertz CT molecular complexity index is 723. The fraction of sp³-hybridized carbons (Fsp3) is 0.438. The molecule has 1 aromatic carbocycles. The SMILES string of the molecule is O=S(=O)(CC[C@H]1CCCO1)NCc1cccc(-n2cccn2)c1. The predicted molar refractivity (Wildman–Crippen MR) is 87.8 cm³/mol. The number of rotatable bonds is 7. The van der Waals surface area contributed by atoms with Gasteiger partial charge in [0, 0.05) is 25.5 Å². The van der Waals surface area contributed by atoms with Crippen molar-refractivity contribution in [1.82, 2.24) is 14.5 Å². The summed E-state index contributed by atoms with van der Waals surface area (Å²) in [6.45, 7) is 1.03. The summed E-state index contributed by atoms with van der Waals surface area (Å²) in [5, 5.41) is 4.17. The van der Waals surface area contributed by atoms with E-state index >= 15 is 0 Å². The number of hydrogen-bond donors (Lipinski definition) is 1. The molecular formula is C16H21N3O3S. The molecular weight excluding hydrogens is 314 g/mol. The molecule has 0 amide bonds. The third-order valence-electron chi connectivity index (χ3n) is 3.91. The zero-order valence-electron chi connectivity index (χ0n) is 12.9. The fourth-order valence-corrected chi connectivity index (χ4v) is 3.76. The van der Waals surface area contributed by atoms with Gasteiger partial charge in [0.25, 0.3) is 0 Å². The van der Waals surface area contributed by atoms with Crippen molar-refractivity contribution in [3.63, 3.8) is 0 Å². The number of hydrogen-bond acceptors (Lipinski definition) is 4. The van der Waals surface area contributed by atoms with Crippen LogP contribution in [0.5, 0.6) is 0 Å².